The molecule has 2 aromatic carbocycles. The summed E-state index contributed by atoms with van der Waals surface area (Å²) in [6, 6.07) is 16.8. The second-order valence-electron chi connectivity index (χ2n) is 6.77. The Balaban J connectivity index is 2.13. The summed E-state index contributed by atoms with van der Waals surface area (Å²) in [7, 11) is 2.31. The summed E-state index contributed by atoms with van der Waals surface area (Å²) in [4.78, 5) is 51.5. The van der Waals surface area contributed by atoms with E-state index in [0.29, 0.717) is 11.1 Å². The molecule has 0 radical (unpaired) electrons. The lowest BCUT2D eigenvalue weighted by atomic mass is 9.82. The first-order valence-electron chi connectivity index (χ1n) is 9.03. The molecule has 0 amide bonds. The predicted molar refractivity (Wildman–Crippen MR) is 104 cm³/mol. The first-order chi connectivity index (χ1) is 13.9. The van der Waals surface area contributed by atoms with E-state index >= 15 is 0 Å². The predicted octanol–water partition coefficient (Wildman–Crippen LogP) is 3.18. The van der Waals surface area contributed by atoms with Crippen molar-refractivity contribution in [1.29, 1.82) is 0 Å². The highest BCUT2D eigenvalue weighted by Crippen LogP contribution is 2.46. The Morgan fingerprint density at radius 3 is 1.31 bits per heavy atom. The summed E-state index contributed by atoms with van der Waals surface area (Å²) in [5.74, 6) is -2.48. The Kier molecular flexibility index (Phi) is 5.73. The summed E-state index contributed by atoms with van der Waals surface area (Å²) in [5, 5.41) is 0. The minimum Gasteiger partial charge on any atom is -0.468 e. The Morgan fingerprint density at radius 1 is 0.655 bits per heavy atom. The highest BCUT2D eigenvalue weighted by atomic mass is 16.5. The molecule has 0 N–H and O–H groups in total. The van der Waals surface area contributed by atoms with Gasteiger partial charge in [0.15, 0.2) is 17.0 Å². The molecule has 0 atom stereocenters. The summed E-state index contributed by atoms with van der Waals surface area (Å²) in [5.41, 5.74) is -0.775. The molecule has 1 aliphatic rings. The van der Waals surface area contributed by atoms with E-state index in [1.165, 1.54) is 0 Å². The summed E-state index contributed by atoms with van der Waals surface area (Å²) < 4.78 is 9.68. The van der Waals surface area contributed by atoms with Gasteiger partial charge >= 0.3 is 11.9 Å². The summed E-state index contributed by atoms with van der Waals surface area (Å²) in [6.45, 7) is 0. The van der Waals surface area contributed by atoms with Gasteiger partial charge in [-0.25, -0.2) is 0 Å². The van der Waals surface area contributed by atoms with Crippen LogP contribution in [0.15, 0.2) is 71.8 Å². The maximum atomic E-state index is 13.2. The minimum atomic E-state index is -1.76. The normalized spacial score (nSPS) is 15.0. The molecule has 0 unspecified atom stereocenters. The van der Waals surface area contributed by atoms with Gasteiger partial charge in [0, 0.05) is 35.1 Å². The lowest BCUT2D eigenvalue weighted by molar-refractivity contribution is -0.168. The highest BCUT2D eigenvalue weighted by Gasteiger charge is 2.55. The Hall–Kier alpha value is -3.54. The number of carbonyl (C=O) groups is 4. The Labute approximate surface area is 168 Å². The largest absolute Gasteiger partial charge is 0.468 e. The Morgan fingerprint density at radius 2 is 1.00 bits per heavy atom. The number of rotatable bonds is 6. The molecular formula is C23H20O6. The van der Waals surface area contributed by atoms with E-state index in [-0.39, 0.29) is 24.0 Å². The molecule has 0 aliphatic heterocycles. The monoisotopic (exact) mass is 392 g/mol. The van der Waals surface area contributed by atoms with Gasteiger partial charge < -0.3 is 9.47 Å². The number of esters is 2. The van der Waals surface area contributed by atoms with Crippen LogP contribution < -0.4 is 0 Å². The number of carbonyl (C=O) groups excluding carboxylic acids is 4. The van der Waals surface area contributed by atoms with Crippen molar-refractivity contribution in [3.05, 3.63) is 82.9 Å². The highest BCUT2D eigenvalue weighted by molar-refractivity contribution is 6.21. The quantitative estimate of drug-likeness (QED) is 0.426. The molecule has 29 heavy (non-hydrogen) atoms. The standard InChI is InChI=1S/C23H20O6/c1-28-21(26)23(22(27)29-2)13-17(19(24)15-9-5-3-6-10-15)18(14-23)20(25)16-11-7-4-8-12-16/h3-12H,13-14H2,1-2H3. The SMILES string of the molecule is COC(=O)C1(C(=O)OC)CC(C(=O)c2ccccc2)=C(C(=O)c2ccccc2)C1. The molecule has 6 heteroatoms. The van der Waals surface area contributed by atoms with Gasteiger partial charge in [-0.1, -0.05) is 60.7 Å². The average Bonchev–Trinajstić information content (AvgIpc) is 3.20. The molecule has 148 valence electrons. The zero-order valence-corrected chi connectivity index (χ0v) is 16.1. The van der Waals surface area contributed by atoms with Crippen LogP contribution in [0, 0.1) is 5.41 Å². The topological polar surface area (TPSA) is 86.7 Å². The van der Waals surface area contributed by atoms with E-state index in [1.807, 2.05) is 0 Å². The third kappa shape index (κ3) is 3.61. The van der Waals surface area contributed by atoms with Gasteiger partial charge in [0.2, 0.25) is 0 Å². The van der Waals surface area contributed by atoms with Gasteiger partial charge in [0.25, 0.3) is 0 Å². The third-order valence-corrected chi connectivity index (χ3v) is 5.09. The van der Waals surface area contributed by atoms with Crippen molar-refractivity contribution in [2.45, 2.75) is 12.8 Å². The lowest BCUT2D eigenvalue weighted by Gasteiger charge is -2.23. The molecule has 0 heterocycles. The number of benzene rings is 2. The molecule has 0 spiro atoms. The molecule has 1 aliphatic carbocycles. The van der Waals surface area contributed by atoms with Crippen LogP contribution in [-0.2, 0) is 19.1 Å². The van der Waals surface area contributed by atoms with Crippen LogP contribution >= 0.6 is 0 Å². The van der Waals surface area contributed by atoms with Crippen molar-refractivity contribution in [2.75, 3.05) is 14.2 Å². The first-order valence-corrected chi connectivity index (χ1v) is 9.03. The van der Waals surface area contributed by atoms with Crippen molar-refractivity contribution in [2.24, 2.45) is 5.41 Å². The van der Waals surface area contributed by atoms with Crippen LogP contribution in [-0.4, -0.2) is 37.7 Å². The fourth-order valence-corrected chi connectivity index (χ4v) is 3.60. The lowest BCUT2D eigenvalue weighted by Crippen LogP contribution is -2.40. The molecular weight excluding hydrogens is 372 g/mol. The van der Waals surface area contributed by atoms with Gasteiger partial charge in [-0.05, 0) is 0 Å². The maximum absolute atomic E-state index is 13.2. The smallest absolute Gasteiger partial charge is 0.323 e. The van der Waals surface area contributed by atoms with Crippen LogP contribution in [0.25, 0.3) is 0 Å². The maximum Gasteiger partial charge on any atom is 0.323 e. The molecule has 2 aromatic rings. The summed E-state index contributed by atoms with van der Waals surface area (Å²) >= 11 is 0. The fourth-order valence-electron chi connectivity index (χ4n) is 3.60. The van der Waals surface area contributed by atoms with Crippen molar-refractivity contribution in [3.63, 3.8) is 0 Å². The number of ether oxygens (including phenoxy) is 2. The Bertz CT molecular complexity index is 907. The number of ketones is 2. The molecule has 0 bridgehead atoms. The van der Waals surface area contributed by atoms with E-state index in [1.54, 1.807) is 60.7 Å². The molecule has 6 nitrogen and oxygen atoms in total. The van der Waals surface area contributed by atoms with E-state index in [0.717, 1.165) is 14.2 Å². The van der Waals surface area contributed by atoms with E-state index in [9.17, 15) is 19.2 Å². The van der Waals surface area contributed by atoms with Crippen molar-refractivity contribution in [1.82, 2.24) is 0 Å². The van der Waals surface area contributed by atoms with Crippen molar-refractivity contribution in [3.8, 4) is 0 Å². The second-order valence-corrected chi connectivity index (χ2v) is 6.77. The second kappa shape index (κ2) is 8.22. The number of hydrogen-bond donors (Lipinski definition) is 0. The fraction of sp³-hybridized carbons (Fsp3) is 0.217. The van der Waals surface area contributed by atoms with Crippen LogP contribution in [0.1, 0.15) is 33.6 Å². The van der Waals surface area contributed by atoms with E-state index < -0.39 is 28.9 Å². The van der Waals surface area contributed by atoms with Gasteiger partial charge in [-0.15, -0.1) is 0 Å². The van der Waals surface area contributed by atoms with Gasteiger partial charge in [0.05, 0.1) is 14.2 Å². The zero-order valence-electron chi connectivity index (χ0n) is 16.1. The summed E-state index contributed by atoms with van der Waals surface area (Å²) in [6.07, 6.45) is -0.512. The van der Waals surface area contributed by atoms with Gasteiger partial charge in [-0.3, -0.25) is 19.2 Å². The number of allylic oxidation sites excluding steroid dienone is 2. The van der Waals surface area contributed by atoms with Crippen LogP contribution in [0.2, 0.25) is 0 Å². The van der Waals surface area contributed by atoms with E-state index in [4.69, 9.17) is 9.47 Å². The zero-order chi connectivity index (χ0) is 21.0. The van der Waals surface area contributed by atoms with Crippen LogP contribution in [0.3, 0.4) is 0 Å². The number of Topliss-reactive ketones (excluding diaryl/α,β-unsaturated/α-hetero) is 2. The van der Waals surface area contributed by atoms with E-state index in [2.05, 4.69) is 0 Å². The third-order valence-electron chi connectivity index (χ3n) is 5.09. The average molecular weight is 392 g/mol. The molecule has 0 saturated carbocycles. The van der Waals surface area contributed by atoms with Crippen LogP contribution in [0.4, 0.5) is 0 Å². The number of hydrogen-bond acceptors (Lipinski definition) is 6. The molecule has 0 fully saturated rings. The molecule has 0 aromatic heterocycles. The van der Waals surface area contributed by atoms with Crippen molar-refractivity contribution < 1.29 is 28.7 Å². The number of methoxy groups -OCH3 is 2. The van der Waals surface area contributed by atoms with Crippen molar-refractivity contribution >= 4 is 23.5 Å². The first kappa shape index (κ1) is 20.2. The molecule has 3 rings (SSSR count). The van der Waals surface area contributed by atoms with Crippen LogP contribution in [0.5, 0.6) is 0 Å². The van der Waals surface area contributed by atoms with Gasteiger partial charge in [0.1, 0.15) is 0 Å². The molecule has 0 saturated heterocycles. The van der Waals surface area contributed by atoms with Gasteiger partial charge in [-0.2, -0.15) is 0 Å². The minimum absolute atomic E-state index is 0.126.